The van der Waals surface area contributed by atoms with Crippen LogP contribution in [0.2, 0.25) is 0 Å². The minimum atomic E-state index is -0.708. The van der Waals surface area contributed by atoms with Gasteiger partial charge in [-0.3, -0.25) is 9.59 Å². The van der Waals surface area contributed by atoms with Crippen molar-refractivity contribution >= 4 is 11.9 Å². The van der Waals surface area contributed by atoms with Crippen molar-refractivity contribution in [2.24, 2.45) is 5.41 Å². The molecule has 0 aromatic carbocycles. The van der Waals surface area contributed by atoms with Crippen molar-refractivity contribution in [3.8, 4) is 0 Å². The van der Waals surface area contributed by atoms with Gasteiger partial charge in [0.25, 0.3) is 0 Å². The Hall–Kier alpha value is -1.10. The van der Waals surface area contributed by atoms with Gasteiger partial charge in [-0.1, -0.05) is 6.92 Å². The third kappa shape index (κ3) is 3.43. The van der Waals surface area contributed by atoms with Crippen LogP contribution in [0.25, 0.3) is 0 Å². The normalized spacial score (nSPS) is 24.8. The molecule has 1 rings (SSSR count). The van der Waals surface area contributed by atoms with E-state index < -0.39 is 11.4 Å². The predicted octanol–water partition coefficient (Wildman–Crippen LogP) is 0.699. The van der Waals surface area contributed by atoms with Crippen LogP contribution < -0.4 is 5.32 Å². The molecule has 5 nitrogen and oxygen atoms in total. The predicted molar refractivity (Wildman–Crippen MR) is 64.7 cm³/mol. The maximum atomic E-state index is 11.3. The standard InChI is InChI=1S/C12H22N2O3/c1-3-12(11(16)17)6-8-14(9-12)7-5-10(15)13-4-2/h3-9H2,1-2H3,(H,13,15)(H,16,17). The molecule has 1 heterocycles. The summed E-state index contributed by atoms with van der Waals surface area (Å²) >= 11 is 0. The number of aliphatic carboxylic acids is 1. The summed E-state index contributed by atoms with van der Waals surface area (Å²) in [5, 5.41) is 12.0. The molecule has 0 spiro atoms. The highest BCUT2D eigenvalue weighted by atomic mass is 16.4. The van der Waals surface area contributed by atoms with Crippen molar-refractivity contribution in [1.82, 2.24) is 10.2 Å². The van der Waals surface area contributed by atoms with Crippen LogP contribution in [-0.4, -0.2) is 48.1 Å². The lowest BCUT2D eigenvalue weighted by atomic mass is 9.84. The van der Waals surface area contributed by atoms with Crippen molar-refractivity contribution in [2.45, 2.75) is 33.1 Å². The number of hydrogen-bond donors (Lipinski definition) is 2. The monoisotopic (exact) mass is 242 g/mol. The van der Waals surface area contributed by atoms with E-state index in [1.807, 2.05) is 13.8 Å². The number of carbonyl (C=O) groups is 2. The number of amides is 1. The molecule has 98 valence electrons. The molecule has 0 radical (unpaired) electrons. The number of nitrogens with one attached hydrogen (secondary N) is 1. The molecule has 0 aromatic rings. The summed E-state index contributed by atoms with van der Waals surface area (Å²) in [6.45, 7) is 6.45. The lowest BCUT2D eigenvalue weighted by molar-refractivity contribution is -0.148. The van der Waals surface area contributed by atoms with Gasteiger partial charge in [0.1, 0.15) is 0 Å². The molecule has 0 bridgehead atoms. The molecule has 17 heavy (non-hydrogen) atoms. The van der Waals surface area contributed by atoms with Gasteiger partial charge in [-0.05, 0) is 26.3 Å². The first-order valence-corrected chi connectivity index (χ1v) is 6.26. The Balaban J connectivity index is 2.40. The molecule has 0 aliphatic carbocycles. The van der Waals surface area contributed by atoms with E-state index in [2.05, 4.69) is 10.2 Å². The van der Waals surface area contributed by atoms with Crippen LogP contribution in [0.4, 0.5) is 0 Å². The smallest absolute Gasteiger partial charge is 0.310 e. The Kier molecular flexibility index (Phi) is 4.93. The number of carbonyl (C=O) groups excluding carboxylic acids is 1. The number of likely N-dealkylation sites (tertiary alicyclic amines) is 1. The van der Waals surface area contributed by atoms with Crippen LogP contribution in [0.15, 0.2) is 0 Å². The van der Waals surface area contributed by atoms with E-state index in [0.717, 1.165) is 6.54 Å². The molecule has 0 aromatic heterocycles. The van der Waals surface area contributed by atoms with E-state index in [-0.39, 0.29) is 5.91 Å². The van der Waals surface area contributed by atoms with Gasteiger partial charge < -0.3 is 15.3 Å². The second-order valence-electron chi connectivity index (χ2n) is 4.67. The van der Waals surface area contributed by atoms with Crippen LogP contribution in [0.5, 0.6) is 0 Å². The molecule has 1 aliphatic heterocycles. The van der Waals surface area contributed by atoms with Crippen LogP contribution in [0.1, 0.15) is 33.1 Å². The fraction of sp³-hybridized carbons (Fsp3) is 0.833. The summed E-state index contributed by atoms with van der Waals surface area (Å²) < 4.78 is 0. The van der Waals surface area contributed by atoms with E-state index in [0.29, 0.717) is 38.9 Å². The fourth-order valence-corrected chi connectivity index (χ4v) is 2.31. The second-order valence-corrected chi connectivity index (χ2v) is 4.67. The lowest BCUT2D eigenvalue weighted by Gasteiger charge is -2.22. The SMILES string of the molecule is CCNC(=O)CCN1CCC(CC)(C(=O)O)C1. The first-order chi connectivity index (χ1) is 8.04. The van der Waals surface area contributed by atoms with Crippen LogP contribution in [-0.2, 0) is 9.59 Å². The molecule has 1 atom stereocenters. The van der Waals surface area contributed by atoms with Gasteiger partial charge >= 0.3 is 5.97 Å². The lowest BCUT2D eigenvalue weighted by Crippen LogP contribution is -2.35. The van der Waals surface area contributed by atoms with Gasteiger partial charge in [-0.2, -0.15) is 0 Å². The molecule has 1 unspecified atom stereocenters. The third-order valence-corrected chi connectivity index (χ3v) is 3.59. The Morgan fingerprint density at radius 1 is 1.41 bits per heavy atom. The summed E-state index contributed by atoms with van der Waals surface area (Å²) in [5.41, 5.74) is -0.596. The molecule has 2 N–H and O–H groups in total. The second kappa shape index (κ2) is 6.00. The molecule has 1 aliphatic rings. The zero-order chi connectivity index (χ0) is 12.9. The third-order valence-electron chi connectivity index (χ3n) is 3.59. The summed E-state index contributed by atoms with van der Waals surface area (Å²) in [4.78, 5) is 24.6. The highest BCUT2D eigenvalue weighted by Crippen LogP contribution is 2.34. The van der Waals surface area contributed by atoms with E-state index in [4.69, 9.17) is 0 Å². The van der Waals surface area contributed by atoms with Gasteiger partial charge in [0, 0.05) is 26.1 Å². The average molecular weight is 242 g/mol. The maximum Gasteiger partial charge on any atom is 0.310 e. The molecular weight excluding hydrogens is 220 g/mol. The largest absolute Gasteiger partial charge is 0.481 e. The van der Waals surface area contributed by atoms with Crippen LogP contribution >= 0.6 is 0 Å². The number of nitrogens with zero attached hydrogens (tertiary/aromatic N) is 1. The zero-order valence-corrected chi connectivity index (χ0v) is 10.7. The van der Waals surface area contributed by atoms with Crippen molar-refractivity contribution in [3.05, 3.63) is 0 Å². The average Bonchev–Trinajstić information content (AvgIpc) is 2.72. The van der Waals surface area contributed by atoms with Crippen molar-refractivity contribution in [1.29, 1.82) is 0 Å². The Morgan fingerprint density at radius 2 is 2.12 bits per heavy atom. The van der Waals surface area contributed by atoms with E-state index >= 15 is 0 Å². The number of rotatable bonds is 6. The van der Waals surface area contributed by atoms with Crippen molar-refractivity contribution < 1.29 is 14.7 Å². The maximum absolute atomic E-state index is 11.3. The topological polar surface area (TPSA) is 69.6 Å². The number of carboxylic acids is 1. The van der Waals surface area contributed by atoms with E-state index in [1.54, 1.807) is 0 Å². The van der Waals surface area contributed by atoms with E-state index in [1.165, 1.54) is 0 Å². The quantitative estimate of drug-likeness (QED) is 0.719. The van der Waals surface area contributed by atoms with Crippen molar-refractivity contribution in [3.63, 3.8) is 0 Å². The minimum Gasteiger partial charge on any atom is -0.481 e. The van der Waals surface area contributed by atoms with Gasteiger partial charge in [-0.25, -0.2) is 0 Å². The summed E-state index contributed by atoms with van der Waals surface area (Å²) in [7, 11) is 0. The zero-order valence-electron chi connectivity index (χ0n) is 10.7. The molecule has 5 heteroatoms. The highest BCUT2D eigenvalue weighted by molar-refractivity contribution is 5.76. The summed E-state index contributed by atoms with van der Waals surface area (Å²) in [5.74, 6) is -0.669. The van der Waals surface area contributed by atoms with Crippen LogP contribution in [0, 0.1) is 5.41 Å². The molecule has 1 amide bonds. The van der Waals surface area contributed by atoms with E-state index in [9.17, 15) is 14.7 Å². The molecule has 0 saturated carbocycles. The van der Waals surface area contributed by atoms with Gasteiger partial charge in [0.2, 0.25) is 5.91 Å². The van der Waals surface area contributed by atoms with Gasteiger partial charge in [0.15, 0.2) is 0 Å². The first-order valence-electron chi connectivity index (χ1n) is 6.26. The first kappa shape index (κ1) is 14.0. The minimum absolute atomic E-state index is 0.0387. The Morgan fingerprint density at radius 3 is 2.59 bits per heavy atom. The molecule has 1 saturated heterocycles. The molecular formula is C12H22N2O3. The van der Waals surface area contributed by atoms with Gasteiger partial charge in [-0.15, -0.1) is 0 Å². The fourth-order valence-electron chi connectivity index (χ4n) is 2.31. The Labute approximate surface area is 102 Å². The summed E-state index contributed by atoms with van der Waals surface area (Å²) in [6, 6.07) is 0. The number of carboxylic acid groups (broad SMARTS) is 1. The summed E-state index contributed by atoms with van der Waals surface area (Å²) in [6.07, 6.45) is 1.79. The highest BCUT2D eigenvalue weighted by Gasteiger charge is 2.42. The van der Waals surface area contributed by atoms with Gasteiger partial charge in [0.05, 0.1) is 5.41 Å². The van der Waals surface area contributed by atoms with Crippen molar-refractivity contribution in [2.75, 3.05) is 26.2 Å². The molecule has 1 fully saturated rings. The Bertz CT molecular complexity index is 293. The number of hydrogen-bond acceptors (Lipinski definition) is 3. The van der Waals surface area contributed by atoms with Crippen LogP contribution in [0.3, 0.4) is 0 Å².